The summed E-state index contributed by atoms with van der Waals surface area (Å²) in [6.07, 6.45) is -5.74. The van der Waals surface area contributed by atoms with Gasteiger partial charge in [-0.1, -0.05) is 22.0 Å². The molecule has 0 aliphatic carbocycles. The van der Waals surface area contributed by atoms with E-state index >= 15 is 0 Å². The quantitative estimate of drug-likeness (QED) is 0.849. The van der Waals surface area contributed by atoms with Crippen molar-refractivity contribution in [2.75, 3.05) is 17.2 Å². The van der Waals surface area contributed by atoms with Gasteiger partial charge in [-0.3, -0.25) is 4.79 Å². The van der Waals surface area contributed by atoms with Gasteiger partial charge in [0.15, 0.2) is 0 Å². The van der Waals surface area contributed by atoms with E-state index in [4.69, 9.17) is 15.7 Å². The number of hydrogen-bond acceptors (Lipinski definition) is 2. The summed E-state index contributed by atoms with van der Waals surface area (Å²) in [5.74, 6) is -0.312. The number of carbonyl (C=O) groups excluding carboxylic acids is 1. The van der Waals surface area contributed by atoms with Crippen LogP contribution < -0.4 is 10.1 Å². The highest BCUT2D eigenvalue weighted by molar-refractivity contribution is 9.09. The zero-order chi connectivity index (χ0) is 19.3. The molecule has 92 valence electrons. The van der Waals surface area contributed by atoms with Gasteiger partial charge >= 0.3 is 0 Å². The predicted octanol–water partition coefficient (Wildman–Crippen LogP) is 3.13. The Kier molecular flexibility index (Phi) is 2.04. The van der Waals surface area contributed by atoms with Crippen LogP contribution in [0.1, 0.15) is 35.7 Å². The Balaban J connectivity index is 2.32. The van der Waals surface area contributed by atoms with Crippen molar-refractivity contribution in [1.82, 2.24) is 0 Å². The maximum Gasteiger partial charge on any atom is 0.224 e. The van der Waals surface area contributed by atoms with Crippen LogP contribution in [-0.4, -0.2) is 17.7 Å². The van der Waals surface area contributed by atoms with Gasteiger partial charge in [0, 0.05) is 31.7 Å². The first-order chi connectivity index (χ1) is 11.2. The number of carbonyl (C=O) groups is 1. The minimum absolute atomic E-state index is 0.110. The fourth-order valence-corrected chi connectivity index (χ4v) is 1.65. The fraction of sp³-hybridized carbons (Fsp3) is 0.462. The summed E-state index contributed by atoms with van der Waals surface area (Å²) in [4.78, 5) is 11.4. The van der Waals surface area contributed by atoms with Crippen LogP contribution in [0.15, 0.2) is 18.2 Å². The van der Waals surface area contributed by atoms with Gasteiger partial charge in [-0.15, -0.1) is 0 Å². The van der Waals surface area contributed by atoms with Crippen molar-refractivity contribution in [2.45, 2.75) is 25.6 Å². The third-order valence-corrected chi connectivity index (χ3v) is 2.50. The summed E-state index contributed by atoms with van der Waals surface area (Å²) in [6.45, 7) is -3.19. The van der Waals surface area contributed by atoms with Crippen molar-refractivity contribution in [3.05, 3.63) is 23.8 Å². The summed E-state index contributed by atoms with van der Waals surface area (Å²) in [5.41, 5.74) is 1.24. The molecule has 3 nitrogen and oxygen atoms in total. The topological polar surface area (TPSA) is 38.3 Å². The molecule has 0 aromatic heterocycles. The lowest BCUT2D eigenvalue weighted by atomic mass is 10.0. The summed E-state index contributed by atoms with van der Waals surface area (Å²) in [5, 5.41) is -0.227. The van der Waals surface area contributed by atoms with Crippen molar-refractivity contribution >= 4 is 27.5 Å². The number of amides is 1. The van der Waals surface area contributed by atoms with Crippen molar-refractivity contribution in [2.24, 2.45) is 0 Å². The molecule has 2 rings (SSSR count). The van der Waals surface area contributed by atoms with Gasteiger partial charge in [-0.2, -0.15) is 0 Å². The van der Waals surface area contributed by atoms with E-state index in [0.717, 1.165) is 5.56 Å². The summed E-state index contributed by atoms with van der Waals surface area (Å²) >= 11 is 2.42. The summed E-state index contributed by atoms with van der Waals surface area (Å²) in [6, 6.07) is 4.33. The number of halogens is 1. The van der Waals surface area contributed by atoms with Crippen LogP contribution in [0.25, 0.3) is 0 Å². The van der Waals surface area contributed by atoms with E-state index in [1.807, 2.05) is 0 Å². The Morgan fingerprint density at radius 3 is 3.12 bits per heavy atom. The smallest absolute Gasteiger partial charge is 0.224 e. The minimum atomic E-state index is -3.34. The standard InChI is InChI=1S/C13H16BrNO2/c14-7-1-2-8-17-11-5-3-10-4-6-13(16)15-12(10)9-11/h3,5,9H,1-2,4,6-8H2,(H,15,16)/i1D2,2D2,7D2,8D2. The molecule has 1 aliphatic rings. The van der Waals surface area contributed by atoms with Gasteiger partial charge in [-0.25, -0.2) is 0 Å². The lowest BCUT2D eigenvalue weighted by molar-refractivity contribution is -0.116. The zero-order valence-corrected chi connectivity index (χ0v) is 10.4. The van der Waals surface area contributed by atoms with Gasteiger partial charge in [0.2, 0.25) is 5.91 Å². The predicted molar refractivity (Wildman–Crippen MR) is 71.9 cm³/mol. The molecule has 0 saturated carbocycles. The van der Waals surface area contributed by atoms with E-state index in [-0.39, 0.29) is 11.7 Å². The van der Waals surface area contributed by atoms with E-state index < -0.39 is 24.6 Å². The molecule has 4 heteroatoms. The molecule has 0 spiro atoms. The first-order valence-electron chi connectivity index (χ1n) is 9.00. The molecule has 1 amide bonds. The second kappa shape index (κ2) is 6.05. The number of nitrogens with one attached hydrogen (secondary N) is 1. The molecule has 1 heterocycles. The van der Waals surface area contributed by atoms with Crippen molar-refractivity contribution in [1.29, 1.82) is 0 Å². The molecule has 0 radical (unpaired) electrons. The minimum Gasteiger partial charge on any atom is -0.494 e. The molecule has 1 N–H and O–H groups in total. The largest absolute Gasteiger partial charge is 0.494 e. The van der Waals surface area contributed by atoms with Crippen molar-refractivity contribution < 1.29 is 20.5 Å². The van der Waals surface area contributed by atoms with Crippen LogP contribution in [0.3, 0.4) is 0 Å². The molecular weight excluding hydrogens is 282 g/mol. The third kappa shape index (κ3) is 3.46. The molecule has 17 heavy (non-hydrogen) atoms. The third-order valence-electron chi connectivity index (χ3n) is 2.31. The number of benzene rings is 1. The maximum absolute atomic E-state index is 11.4. The first kappa shape index (κ1) is 5.74. The Labute approximate surface area is 121 Å². The second-order valence-corrected chi connectivity index (χ2v) is 3.81. The molecule has 0 unspecified atom stereocenters. The molecule has 0 fully saturated rings. The van der Waals surface area contributed by atoms with Crippen molar-refractivity contribution in [3.63, 3.8) is 0 Å². The Morgan fingerprint density at radius 1 is 1.41 bits per heavy atom. The average Bonchev–Trinajstić information content (AvgIpc) is 2.44. The van der Waals surface area contributed by atoms with Gasteiger partial charge < -0.3 is 10.1 Å². The Morgan fingerprint density at radius 2 is 2.29 bits per heavy atom. The van der Waals surface area contributed by atoms with Gasteiger partial charge in [0.25, 0.3) is 0 Å². The molecule has 1 aliphatic heterocycles. The molecule has 1 aromatic carbocycles. The number of alkyl halides is 1. The molecular formula is C13H16BrNO2. The maximum atomic E-state index is 11.4. The van der Waals surface area contributed by atoms with Gasteiger partial charge in [0.05, 0.1) is 9.30 Å². The van der Waals surface area contributed by atoms with E-state index in [2.05, 4.69) is 21.2 Å². The Bertz CT molecular complexity index is 689. The highest BCUT2D eigenvalue weighted by Crippen LogP contribution is 2.27. The van der Waals surface area contributed by atoms with E-state index in [9.17, 15) is 4.79 Å². The lowest BCUT2D eigenvalue weighted by Gasteiger charge is -2.17. The number of fused-ring (bicyclic) bond motifs is 1. The van der Waals surface area contributed by atoms with Crippen LogP contribution in [0.2, 0.25) is 0 Å². The average molecular weight is 306 g/mol. The molecule has 0 atom stereocenters. The number of rotatable bonds is 5. The summed E-state index contributed by atoms with van der Waals surface area (Å²) in [7, 11) is 0. The van der Waals surface area contributed by atoms with Crippen LogP contribution in [-0.2, 0) is 11.2 Å². The van der Waals surface area contributed by atoms with Crippen molar-refractivity contribution in [3.8, 4) is 5.75 Å². The second-order valence-electron chi connectivity index (χ2n) is 3.42. The van der Waals surface area contributed by atoms with E-state index in [1.165, 1.54) is 12.1 Å². The van der Waals surface area contributed by atoms with Crippen LogP contribution in [0, 0.1) is 0 Å². The van der Waals surface area contributed by atoms with Crippen LogP contribution in [0.4, 0.5) is 5.69 Å². The van der Waals surface area contributed by atoms with Crippen LogP contribution in [0.5, 0.6) is 5.75 Å². The summed E-state index contributed by atoms with van der Waals surface area (Å²) < 4.78 is 66.5. The fourth-order valence-electron chi connectivity index (χ4n) is 1.55. The monoisotopic (exact) mass is 305 g/mol. The molecule has 1 aromatic rings. The highest BCUT2D eigenvalue weighted by Gasteiger charge is 2.14. The molecule has 0 saturated heterocycles. The first-order valence-corrected chi connectivity index (χ1v) is 5.79. The number of ether oxygens (including phenoxy) is 1. The van der Waals surface area contributed by atoms with Crippen LogP contribution >= 0.6 is 15.9 Å². The van der Waals surface area contributed by atoms with E-state index in [1.54, 1.807) is 6.07 Å². The number of hydrogen-bond donors (Lipinski definition) is 1. The molecule has 0 bridgehead atoms. The van der Waals surface area contributed by atoms with Gasteiger partial charge in [-0.05, 0) is 30.8 Å². The number of aryl methyl sites for hydroxylation is 1. The normalized spacial score (nSPS) is 24.4. The number of anilines is 1. The Hall–Kier alpha value is -1.03. The zero-order valence-electron chi connectivity index (χ0n) is 16.8. The van der Waals surface area contributed by atoms with Gasteiger partial charge in [0.1, 0.15) is 5.75 Å². The lowest BCUT2D eigenvalue weighted by Crippen LogP contribution is -2.18. The SMILES string of the molecule is [2H]C([2H])(Br)C([2H])([2H])C([2H])([2H])C([2H])([2H])Oc1ccc2c(c1)NC(=O)CC2. The van der Waals surface area contributed by atoms with E-state index in [0.29, 0.717) is 18.5 Å². The highest BCUT2D eigenvalue weighted by atomic mass is 79.9.